The summed E-state index contributed by atoms with van der Waals surface area (Å²) in [7, 11) is 0. The highest BCUT2D eigenvalue weighted by atomic mass is 16.5. The minimum absolute atomic E-state index is 0.128. The molecule has 0 aliphatic rings. The number of carbonyl (C=O) groups excluding carboxylic acids is 1. The van der Waals surface area contributed by atoms with Crippen LogP contribution in [0.2, 0.25) is 0 Å². The van der Waals surface area contributed by atoms with Crippen LogP contribution in [-0.4, -0.2) is 24.7 Å². The molecule has 0 aliphatic heterocycles. The molecular weight excluding hydrogens is 216 g/mol. The maximum absolute atomic E-state index is 11.0. The van der Waals surface area contributed by atoms with Crippen molar-refractivity contribution in [3.05, 3.63) is 29.8 Å². The normalized spacial score (nSPS) is 11.2. The molecule has 0 aliphatic carbocycles. The highest BCUT2D eigenvalue weighted by molar-refractivity contribution is 5.93. The van der Waals surface area contributed by atoms with Crippen LogP contribution in [0, 0.1) is 0 Å². The van der Waals surface area contributed by atoms with Crippen LogP contribution >= 0.6 is 0 Å². The predicted octanol–water partition coefficient (Wildman–Crippen LogP) is 2.01. The van der Waals surface area contributed by atoms with E-state index >= 15 is 0 Å². The predicted molar refractivity (Wildman–Crippen MR) is 69.2 cm³/mol. The number of hydrogen-bond donors (Lipinski definition) is 2. The van der Waals surface area contributed by atoms with Crippen LogP contribution in [0.15, 0.2) is 24.3 Å². The standard InChI is InChI=1S/C13H20N2O2/c1-13(2,3)17-8-7-15-11-6-4-5-10(9-11)12(14)16/h4-6,9,15H,7-8H2,1-3H3,(H2,14,16). The van der Waals surface area contributed by atoms with Gasteiger partial charge in [-0.15, -0.1) is 0 Å². The van der Waals surface area contributed by atoms with Crippen LogP contribution in [0.5, 0.6) is 0 Å². The quantitative estimate of drug-likeness (QED) is 0.769. The lowest BCUT2D eigenvalue weighted by Crippen LogP contribution is -2.23. The average molecular weight is 236 g/mol. The summed E-state index contributed by atoms with van der Waals surface area (Å²) < 4.78 is 5.57. The maximum Gasteiger partial charge on any atom is 0.248 e. The number of amides is 1. The molecule has 0 unspecified atom stereocenters. The van der Waals surface area contributed by atoms with Crippen molar-refractivity contribution in [3.63, 3.8) is 0 Å². The molecule has 0 radical (unpaired) electrons. The van der Waals surface area contributed by atoms with Gasteiger partial charge in [-0.25, -0.2) is 0 Å². The van der Waals surface area contributed by atoms with Gasteiger partial charge in [-0.05, 0) is 39.0 Å². The Kier molecular flexibility index (Phi) is 4.52. The summed E-state index contributed by atoms with van der Waals surface area (Å²) >= 11 is 0. The molecule has 1 amide bonds. The number of hydrogen-bond acceptors (Lipinski definition) is 3. The van der Waals surface area contributed by atoms with E-state index < -0.39 is 5.91 Å². The van der Waals surface area contributed by atoms with E-state index in [1.165, 1.54) is 0 Å². The number of nitrogens with one attached hydrogen (secondary N) is 1. The molecule has 17 heavy (non-hydrogen) atoms. The molecule has 1 rings (SSSR count). The van der Waals surface area contributed by atoms with E-state index in [9.17, 15) is 4.79 Å². The van der Waals surface area contributed by atoms with E-state index in [4.69, 9.17) is 10.5 Å². The molecule has 1 aromatic carbocycles. The fourth-order valence-electron chi connectivity index (χ4n) is 1.34. The Hall–Kier alpha value is -1.55. The Labute approximate surface area is 102 Å². The third kappa shape index (κ3) is 5.36. The molecule has 0 saturated carbocycles. The van der Waals surface area contributed by atoms with Gasteiger partial charge in [0.25, 0.3) is 0 Å². The number of rotatable bonds is 5. The second-order valence-electron chi connectivity index (χ2n) is 4.83. The highest BCUT2D eigenvalue weighted by Gasteiger charge is 2.08. The molecule has 0 atom stereocenters. The monoisotopic (exact) mass is 236 g/mol. The fraction of sp³-hybridized carbons (Fsp3) is 0.462. The van der Waals surface area contributed by atoms with Gasteiger partial charge in [0.1, 0.15) is 0 Å². The summed E-state index contributed by atoms with van der Waals surface area (Å²) in [4.78, 5) is 11.0. The summed E-state index contributed by atoms with van der Waals surface area (Å²) in [6.45, 7) is 7.35. The van der Waals surface area contributed by atoms with Gasteiger partial charge in [0.05, 0.1) is 12.2 Å². The van der Waals surface area contributed by atoms with Gasteiger partial charge in [0, 0.05) is 17.8 Å². The van der Waals surface area contributed by atoms with Crippen LogP contribution in [0.1, 0.15) is 31.1 Å². The number of ether oxygens (including phenoxy) is 1. The first-order valence-electron chi connectivity index (χ1n) is 5.66. The van der Waals surface area contributed by atoms with Crippen molar-refractivity contribution < 1.29 is 9.53 Å². The number of carbonyl (C=O) groups is 1. The van der Waals surface area contributed by atoms with Crippen molar-refractivity contribution in [3.8, 4) is 0 Å². The fourth-order valence-corrected chi connectivity index (χ4v) is 1.34. The van der Waals surface area contributed by atoms with Gasteiger partial charge in [-0.2, -0.15) is 0 Å². The molecule has 0 bridgehead atoms. The summed E-state index contributed by atoms with van der Waals surface area (Å²) in [6, 6.07) is 7.12. The first-order valence-corrected chi connectivity index (χ1v) is 5.66. The third-order valence-corrected chi connectivity index (χ3v) is 2.11. The molecule has 4 heteroatoms. The van der Waals surface area contributed by atoms with E-state index in [0.717, 1.165) is 5.69 Å². The highest BCUT2D eigenvalue weighted by Crippen LogP contribution is 2.10. The Morgan fingerprint density at radius 3 is 2.71 bits per heavy atom. The molecule has 0 saturated heterocycles. The van der Waals surface area contributed by atoms with Gasteiger partial charge in [-0.1, -0.05) is 6.07 Å². The lowest BCUT2D eigenvalue weighted by atomic mass is 10.2. The van der Waals surface area contributed by atoms with Crippen molar-refractivity contribution in [1.29, 1.82) is 0 Å². The second-order valence-corrected chi connectivity index (χ2v) is 4.83. The van der Waals surface area contributed by atoms with Crippen LogP contribution in [0.4, 0.5) is 5.69 Å². The molecule has 0 aromatic heterocycles. The Morgan fingerprint density at radius 1 is 1.41 bits per heavy atom. The van der Waals surface area contributed by atoms with Gasteiger partial charge in [-0.3, -0.25) is 4.79 Å². The van der Waals surface area contributed by atoms with Crippen molar-refractivity contribution in [1.82, 2.24) is 0 Å². The van der Waals surface area contributed by atoms with E-state index in [-0.39, 0.29) is 5.60 Å². The van der Waals surface area contributed by atoms with Gasteiger partial charge in [0.2, 0.25) is 5.91 Å². The molecule has 0 fully saturated rings. The largest absolute Gasteiger partial charge is 0.383 e. The average Bonchev–Trinajstić information content (AvgIpc) is 2.23. The zero-order valence-electron chi connectivity index (χ0n) is 10.6. The smallest absolute Gasteiger partial charge is 0.248 e. The van der Waals surface area contributed by atoms with Crippen molar-refractivity contribution in [2.75, 3.05) is 18.5 Å². The van der Waals surface area contributed by atoms with E-state index in [0.29, 0.717) is 18.7 Å². The summed E-state index contributed by atoms with van der Waals surface area (Å²) in [5.41, 5.74) is 6.46. The zero-order chi connectivity index (χ0) is 12.9. The molecule has 0 heterocycles. The minimum atomic E-state index is -0.417. The molecular formula is C13H20N2O2. The minimum Gasteiger partial charge on any atom is -0.383 e. The Morgan fingerprint density at radius 2 is 2.12 bits per heavy atom. The molecule has 4 nitrogen and oxygen atoms in total. The van der Waals surface area contributed by atoms with Crippen LogP contribution < -0.4 is 11.1 Å². The number of anilines is 1. The molecule has 1 aromatic rings. The molecule has 0 spiro atoms. The Bertz CT molecular complexity index is 383. The Balaban J connectivity index is 2.42. The van der Waals surface area contributed by atoms with Gasteiger partial charge >= 0.3 is 0 Å². The summed E-state index contributed by atoms with van der Waals surface area (Å²) in [6.07, 6.45) is 0. The first kappa shape index (κ1) is 13.5. The summed E-state index contributed by atoms with van der Waals surface area (Å²) in [5.74, 6) is -0.417. The first-order chi connectivity index (χ1) is 7.88. The van der Waals surface area contributed by atoms with Crippen LogP contribution in [-0.2, 0) is 4.74 Å². The molecule has 94 valence electrons. The SMILES string of the molecule is CC(C)(C)OCCNc1cccc(C(N)=O)c1. The zero-order valence-corrected chi connectivity index (χ0v) is 10.6. The third-order valence-electron chi connectivity index (χ3n) is 2.11. The lowest BCUT2D eigenvalue weighted by Gasteiger charge is -2.19. The van der Waals surface area contributed by atoms with Gasteiger partial charge < -0.3 is 15.8 Å². The van der Waals surface area contributed by atoms with E-state index in [1.54, 1.807) is 18.2 Å². The van der Waals surface area contributed by atoms with E-state index in [2.05, 4.69) is 5.32 Å². The van der Waals surface area contributed by atoms with Gasteiger partial charge in [0.15, 0.2) is 0 Å². The maximum atomic E-state index is 11.0. The van der Waals surface area contributed by atoms with Crippen molar-refractivity contribution in [2.24, 2.45) is 5.73 Å². The number of nitrogens with two attached hydrogens (primary N) is 1. The molecule has 3 N–H and O–H groups in total. The number of benzene rings is 1. The topological polar surface area (TPSA) is 64.3 Å². The van der Waals surface area contributed by atoms with Crippen LogP contribution in [0.3, 0.4) is 0 Å². The second kappa shape index (κ2) is 5.68. The van der Waals surface area contributed by atoms with Crippen molar-refractivity contribution in [2.45, 2.75) is 26.4 Å². The summed E-state index contributed by atoms with van der Waals surface area (Å²) in [5, 5.41) is 3.18. The van der Waals surface area contributed by atoms with E-state index in [1.807, 2.05) is 26.8 Å². The lowest BCUT2D eigenvalue weighted by molar-refractivity contribution is 0.00333. The number of primary amides is 1. The van der Waals surface area contributed by atoms with Crippen molar-refractivity contribution >= 4 is 11.6 Å². The van der Waals surface area contributed by atoms with Crippen LogP contribution in [0.25, 0.3) is 0 Å².